The topological polar surface area (TPSA) is 96.9 Å². The predicted octanol–water partition coefficient (Wildman–Crippen LogP) is 4.74. The van der Waals surface area contributed by atoms with Gasteiger partial charge in [0.15, 0.2) is 11.5 Å². The lowest BCUT2D eigenvalue weighted by Gasteiger charge is -2.36. The van der Waals surface area contributed by atoms with Crippen LogP contribution in [0.25, 0.3) is 0 Å². The van der Waals surface area contributed by atoms with E-state index in [1.807, 2.05) is 66.7 Å². The summed E-state index contributed by atoms with van der Waals surface area (Å²) in [6, 6.07) is 21.6. The van der Waals surface area contributed by atoms with Crippen molar-refractivity contribution in [2.24, 2.45) is 0 Å². The lowest BCUT2D eigenvalue weighted by Crippen LogP contribution is -2.49. The summed E-state index contributed by atoms with van der Waals surface area (Å²) in [4.78, 5) is 0. The molecule has 0 radical (unpaired) electrons. The summed E-state index contributed by atoms with van der Waals surface area (Å²) >= 11 is 0. The lowest BCUT2D eigenvalue weighted by molar-refractivity contribution is -0.0328. The number of β-amino-alcohol motifs (C(OH)–C–C–N with tert-alkyl or cyclic N) is 1. The van der Waals surface area contributed by atoms with Gasteiger partial charge < -0.3 is 43.6 Å². The smallest absolute Gasteiger partial charge is 0.161 e. The van der Waals surface area contributed by atoms with Crippen LogP contribution < -0.4 is 24.3 Å². The summed E-state index contributed by atoms with van der Waals surface area (Å²) in [5.74, 6) is 2.81. The highest BCUT2D eigenvalue weighted by Crippen LogP contribution is 2.32. The number of aliphatic hydroxyl groups excluding tert-OH is 1. The number of ether oxygens (including phenoxy) is 7. The van der Waals surface area contributed by atoms with Gasteiger partial charge in [-0.05, 0) is 41.5 Å². The van der Waals surface area contributed by atoms with E-state index < -0.39 is 6.10 Å². The zero-order valence-corrected chi connectivity index (χ0v) is 25.5. The second-order valence-corrected chi connectivity index (χ2v) is 10.4. The molecule has 1 heterocycles. The summed E-state index contributed by atoms with van der Waals surface area (Å²) < 4.78 is 39.9. The number of hydrogen-bond donors (Lipinski definition) is 2. The van der Waals surface area contributed by atoms with Gasteiger partial charge in [0.1, 0.15) is 11.5 Å². The molecule has 9 nitrogen and oxygen atoms in total. The van der Waals surface area contributed by atoms with Crippen LogP contribution in [0.3, 0.4) is 0 Å². The Kier molecular flexibility index (Phi) is 13.4. The fourth-order valence-electron chi connectivity index (χ4n) is 5.13. The molecule has 3 aromatic carbocycles. The standard InChI is InChI=1S/C34H45NO8/c1-37-16-6-19-42-32-20-25(10-15-31(32)39-3)23-43-33-22-35-21-29(36)34(33)26-11-13-28(14-12-26)41-18-7-17-40-24-27-8-4-5-9-30(27)38-2/h4-5,8-15,20,29,33-36H,6-7,16-19,21-24H2,1-3H3. The van der Waals surface area contributed by atoms with Crippen molar-refractivity contribution in [3.05, 3.63) is 83.4 Å². The van der Waals surface area contributed by atoms with E-state index in [-0.39, 0.29) is 12.0 Å². The number of para-hydroxylation sites is 1. The van der Waals surface area contributed by atoms with Gasteiger partial charge in [-0.25, -0.2) is 0 Å². The van der Waals surface area contributed by atoms with Crippen LogP contribution in [0.1, 0.15) is 35.4 Å². The Hall–Kier alpha value is -3.34. The van der Waals surface area contributed by atoms with Crippen molar-refractivity contribution in [1.29, 1.82) is 0 Å². The number of hydrogen-bond acceptors (Lipinski definition) is 9. The maximum Gasteiger partial charge on any atom is 0.161 e. The van der Waals surface area contributed by atoms with Crippen molar-refractivity contribution in [2.45, 2.75) is 44.2 Å². The molecule has 0 amide bonds. The minimum absolute atomic E-state index is 0.165. The minimum Gasteiger partial charge on any atom is -0.496 e. The molecule has 1 fully saturated rings. The van der Waals surface area contributed by atoms with Crippen molar-refractivity contribution in [3.63, 3.8) is 0 Å². The summed E-state index contributed by atoms with van der Waals surface area (Å²) in [7, 11) is 4.97. The second kappa shape index (κ2) is 17.7. The maximum atomic E-state index is 10.9. The maximum absolute atomic E-state index is 10.9. The Balaban J connectivity index is 1.26. The van der Waals surface area contributed by atoms with Gasteiger partial charge in [0.2, 0.25) is 0 Å². The Labute approximate surface area is 255 Å². The number of methoxy groups -OCH3 is 3. The molecule has 0 saturated carbocycles. The number of piperidine rings is 1. The molecule has 3 unspecified atom stereocenters. The highest BCUT2D eigenvalue weighted by atomic mass is 16.5. The lowest BCUT2D eigenvalue weighted by atomic mass is 9.85. The average Bonchev–Trinajstić information content (AvgIpc) is 3.04. The van der Waals surface area contributed by atoms with Gasteiger partial charge in [0.25, 0.3) is 0 Å². The second-order valence-electron chi connectivity index (χ2n) is 10.4. The van der Waals surface area contributed by atoms with Crippen molar-refractivity contribution in [1.82, 2.24) is 5.32 Å². The molecule has 0 spiro atoms. The number of benzene rings is 3. The van der Waals surface area contributed by atoms with Gasteiger partial charge in [-0.15, -0.1) is 0 Å². The van der Waals surface area contributed by atoms with Crippen molar-refractivity contribution in [3.8, 4) is 23.0 Å². The van der Waals surface area contributed by atoms with Crippen LogP contribution in [0.2, 0.25) is 0 Å². The first kappa shape index (κ1) is 32.6. The SMILES string of the molecule is COCCCOc1cc(COC2CNCC(O)C2c2ccc(OCCCOCc3ccccc3OC)cc2)ccc1OC. The molecule has 0 aromatic heterocycles. The molecule has 1 aliphatic rings. The van der Waals surface area contributed by atoms with Crippen molar-refractivity contribution in [2.75, 3.05) is 60.8 Å². The van der Waals surface area contributed by atoms with Gasteiger partial charge in [-0.3, -0.25) is 0 Å². The zero-order valence-electron chi connectivity index (χ0n) is 25.5. The first-order chi connectivity index (χ1) is 21.1. The third-order valence-corrected chi connectivity index (χ3v) is 7.37. The predicted molar refractivity (Wildman–Crippen MR) is 164 cm³/mol. The summed E-state index contributed by atoms with van der Waals surface area (Å²) in [5.41, 5.74) is 3.01. The van der Waals surface area contributed by atoms with E-state index in [2.05, 4.69) is 5.32 Å². The van der Waals surface area contributed by atoms with Crippen LogP contribution in [0.4, 0.5) is 0 Å². The molecule has 0 bridgehead atoms. The quantitative estimate of drug-likeness (QED) is 0.202. The molecule has 3 atom stereocenters. The van der Waals surface area contributed by atoms with E-state index in [0.29, 0.717) is 64.2 Å². The Morgan fingerprint density at radius 3 is 2.30 bits per heavy atom. The molecular formula is C34H45NO8. The highest BCUT2D eigenvalue weighted by molar-refractivity contribution is 5.43. The van der Waals surface area contributed by atoms with E-state index in [9.17, 15) is 5.11 Å². The van der Waals surface area contributed by atoms with Crippen molar-refractivity contribution < 1.29 is 38.3 Å². The van der Waals surface area contributed by atoms with Crippen LogP contribution in [-0.4, -0.2) is 78.2 Å². The van der Waals surface area contributed by atoms with Crippen LogP contribution in [-0.2, 0) is 27.4 Å². The first-order valence-corrected chi connectivity index (χ1v) is 14.8. The fraction of sp³-hybridized carbons (Fsp3) is 0.471. The fourth-order valence-corrected chi connectivity index (χ4v) is 5.13. The zero-order chi connectivity index (χ0) is 30.3. The summed E-state index contributed by atoms with van der Waals surface area (Å²) in [6.45, 7) is 4.35. The van der Waals surface area contributed by atoms with Crippen LogP contribution in [0.15, 0.2) is 66.7 Å². The number of aliphatic hydroxyl groups is 1. The summed E-state index contributed by atoms with van der Waals surface area (Å²) in [6.07, 6.45) is 0.785. The van der Waals surface area contributed by atoms with Gasteiger partial charge in [0.05, 0.1) is 59.5 Å². The van der Waals surface area contributed by atoms with E-state index in [1.165, 1.54) is 0 Å². The average molecular weight is 596 g/mol. The number of nitrogens with one attached hydrogen (secondary N) is 1. The first-order valence-electron chi connectivity index (χ1n) is 14.8. The minimum atomic E-state index is -0.568. The van der Waals surface area contributed by atoms with Gasteiger partial charge >= 0.3 is 0 Å². The van der Waals surface area contributed by atoms with Crippen LogP contribution in [0.5, 0.6) is 23.0 Å². The molecule has 234 valence electrons. The largest absolute Gasteiger partial charge is 0.496 e. The molecule has 3 aromatic rings. The van der Waals surface area contributed by atoms with Crippen LogP contribution >= 0.6 is 0 Å². The third kappa shape index (κ3) is 9.84. The van der Waals surface area contributed by atoms with E-state index in [4.69, 9.17) is 33.2 Å². The molecular weight excluding hydrogens is 550 g/mol. The Morgan fingerprint density at radius 1 is 0.744 bits per heavy atom. The number of rotatable bonds is 18. The van der Waals surface area contributed by atoms with Gasteiger partial charge in [0, 0.05) is 51.1 Å². The Bertz CT molecular complexity index is 1220. The summed E-state index contributed by atoms with van der Waals surface area (Å²) in [5, 5.41) is 14.2. The molecule has 4 rings (SSSR count). The van der Waals surface area contributed by atoms with E-state index in [1.54, 1.807) is 21.3 Å². The van der Waals surface area contributed by atoms with E-state index >= 15 is 0 Å². The molecule has 1 aliphatic heterocycles. The molecule has 43 heavy (non-hydrogen) atoms. The van der Waals surface area contributed by atoms with Crippen LogP contribution in [0, 0.1) is 0 Å². The van der Waals surface area contributed by atoms with Gasteiger partial charge in [-0.2, -0.15) is 0 Å². The van der Waals surface area contributed by atoms with Gasteiger partial charge in [-0.1, -0.05) is 36.4 Å². The molecule has 1 saturated heterocycles. The molecule has 2 N–H and O–H groups in total. The monoisotopic (exact) mass is 595 g/mol. The third-order valence-electron chi connectivity index (χ3n) is 7.37. The highest BCUT2D eigenvalue weighted by Gasteiger charge is 2.34. The van der Waals surface area contributed by atoms with Crippen molar-refractivity contribution >= 4 is 0 Å². The Morgan fingerprint density at radius 2 is 1.51 bits per heavy atom. The molecule has 9 heteroatoms. The molecule has 0 aliphatic carbocycles. The normalized spacial score (nSPS) is 18.3. The van der Waals surface area contributed by atoms with E-state index in [0.717, 1.165) is 41.0 Å².